The molecule has 0 aliphatic rings. The average molecular weight is 332 g/mol. The number of fused-ring (bicyclic) bond motifs is 1. The van der Waals surface area contributed by atoms with Gasteiger partial charge in [-0.05, 0) is 18.6 Å². The molecule has 4 rings (SSSR count). The maximum absolute atomic E-state index is 4.65. The van der Waals surface area contributed by atoms with Gasteiger partial charge >= 0.3 is 0 Å². The molecule has 0 radical (unpaired) electrons. The standard InChI is InChI=1S/C19H16N4S/c1-14-12-17(16-10-6-3-7-11-16)23-18(20-14)21-19(22-23)24-13-15-8-4-2-5-9-15/h2-12H,13H2,1H3. The molecule has 0 aliphatic carbocycles. The average Bonchev–Trinajstić information content (AvgIpc) is 3.03. The Bertz CT molecular complexity index is 965. The minimum absolute atomic E-state index is 0.643. The number of benzene rings is 2. The molecule has 4 aromatic rings. The van der Waals surface area contributed by atoms with Gasteiger partial charge in [-0.2, -0.15) is 9.50 Å². The van der Waals surface area contributed by atoms with Gasteiger partial charge in [0.1, 0.15) is 0 Å². The lowest BCUT2D eigenvalue weighted by molar-refractivity contribution is 0.882. The zero-order valence-corrected chi connectivity index (χ0v) is 14.1. The number of rotatable bonds is 4. The van der Waals surface area contributed by atoms with E-state index in [-0.39, 0.29) is 0 Å². The third-order valence-corrected chi connectivity index (χ3v) is 4.61. The molecule has 2 aromatic heterocycles. The van der Waals surface area contributed by atoms with Crippen molar-refractivity contribution < 1.29 is 0 Å². The minimum atomic E-state index is 0.643. The highest BCUT2D eigenvalue weighted by Crippen LogP contribution is 2.24. The van der Waals surface area contributed by atoms with Gasteiger partial charge in [0, 0.05) is 17.0 Å². The van der Waals surface area contributed by atoms with Gasteiger partial charge in [0.25, 0.3) is 5.78 Å². The van der Waals surface area contributed by atoms with Crippen LogP contribution in [0.15, 0.2) is 71.9 Å². The second-order valence-electron chi connectivity index (χ2n) is 5.53. The zero-order chi connectivity index (χ0) is 16.4. The Morgan fingerprint density at radius 3 is 2.38 bits per heavy atom. The van der Waals surface area contributed by atoms with Crippen LogP contribution in [0, 0.1) is 6.92 Å². The predicted molar refractivity (Wildman–Crippen MR) is 97.0 cm³/mol. The van der Waals surface area contributed by atoms with Crippen LogP contribution < -0.4 is 0 Å². The van der Waals surface area contributed by atoms with Crippen LogP contribution in [-0.2, 0) is 5.75 Å². The van der Waals surface area contributed by atoms with E-state index in [9.17, 15) is 0 Å². The highest BCUT2D eigenvalue weighted by Gasteiger charge is 2.11. The summed E-state index contributed by atoms with van der Waals surface area (Å²) in [5.74, 6) is 1.49. The van der Waals surface area contributed by atoms with Crippen molar-refractivity contribution in [1.29, 1.82) is 0 Å². The fourth-order valence-electron chi connectivity index (χ4n) is 2.57. The summed E-state index contributed by atoms with van der Waals surface area (Å²) in [7, 11) is 0. The summed E-state index contributed by atoms with van der Waals surface area (Å²) in [6.07, 6.45) is 0. The van der Waals surface area contributed by atoms with E-state index in [2.05, 4.69) is 39.3 Å². The SMILES string of the molecule is Cc1cc(-c2ccccc2)n2nc(SCc3ccccc3)nc2n1. The van der Waals surface area contributed by atoms with Gasteiger partial charge < -0.3 is 0 Å². The van der Waals surface area contributed by atoms with E-state index >= 15 is 0 Å². The minimum Gasteiger partial charge on any atom is -0.216 e. The van der Waals surface area contributed by atoms with E-state index in [4.69, 9.17) is 0 Å². The number of thioether (sulfide) groups is 1. The van der Waals surface area contributed by atoms with Crippen molar-refractivity contribution >= 4 is 17.5 Å². The molecular weight excluding hydrogens is 316 g/mol. The molecule has 24 heavy (non-hydrogen) atoms. The van der Waals surface area contributed by atoms with Crippen molar-refractivity contribution in [2.24, 2.45) is 0 Å². The third-order valence-electron chi connectivity index (χ3n) is 3.70. The van der Waals surface area contributed by atoms with E-state index in [0.29, 0.717) is 5.78 Å². The quantitative estimate of drug-likeness (QED) is 0.520. The Morgan fingerprint density at radius 1 is 0.917 bits per heavy atom. The second-order valence-corrected chi connectivity index (χ2v) is 6.47. The lowest BCUT2D eigenvalue weighted by Gasteiger charge is -2.04. The predicted octanol–water partition coefficient (Wildman–Crippen LogP) is 4.39. The monoisotopic (exact) mass is 332 g/mol. The van der Waals surface area contributed by atoms with E-state index in [0.717, 1.165) is 27.9 Å². The topological polar surface area (TPSA) is 43.1 Å². The van der Waals surface area contributed by atoms with Crippen LogP contribution in [0.2, 0.25) is 0 Å². The van der Waals surface area contributed by atoms with Crippen LogP contribution in [0.4, 0.5) is 0 Å². The van der Waals surface area contributed by atoms with Crippen LogP contribution in [0.1, 0.15) is 11.3 Å². The summed E-state index contributed by atoms with van der Waals surface area (Å²) < 4.78 is 1.83. The van der Waals surface area contributed by atoms with Gasteiger partial charge in [-0.15, -0.1) is 5.10 Å². The van der Waals surface area contributed by atoms with E-state index in [1.54, 1.807) is 11.8 Å². The molecule has 118 valence electrons. The zero-order valence-electron chi connectivity index (χ0n) is 13.3. The number of aromatic nitrogens is 4. The van der Waals surface area contributed by atoms with Crippen molar-refractivity contribution in [2.75, 3.05) is 0 Å². The molecule has 0 bridgehead atoms. The summed E-state index contributed by atoms with van der Waals surface area (Å²) in [4.78, 5) is 9.09. The lowest BCUT2D eigenvalue weighted by atomic mass is 10.1. The molecule has 0 spiro atoms. The van der Waals surface area contributed by atoms with Crippen molar-refractivity contribution in [3.8, 4) is 11.3 Å². The molecule has 2 aromatic carbocycles. The summed E-state index contributed by atoms with van der Waals surface area (Å²) in [5.41, 5.74) is 4.32. The Labute approximate surface area is 144 Å². The van der Waals surface area contributed by atoms with E-state index in [1.165, 1.54) is 5.56 Å². The molecule has 4 nitrogen and oxygen atoms in total. The van der Waals surface area contributed by atoms with Crippen LogP contribution >= 0.6 is 11.8 Å². The molecule has 2 heterocycles. The molecule has 0 saturated heterocycles. The van der Waals surface area contributed by atoms with Gasteiger partial charge in [-0.25, -0.2) is 4.98 Å². The summed E-state index contributed by atoms with van der Waals surface area (Å²) in [6, 6.07) is 22.6. The van der Waals surface area contributed by atoms with Gasteiger partial charge in [0.05, 0.1) is 5.69 Å². The van der Waals surface area contributed by atoms with Gasteiger partial charge in [-0.1, -0.05) is 72.4 Å². The van der Waals surface area contributed by atoms with Crippen molar-refractivity contribution in [3.63, 3.8) is 0 Å². The molecule has 0 atom stereocenters. The molecule has 0 aliphatic heterocycles. The molecule has 0 N–H and O–H groups in total. The number of nitrogens with zero attached hydrogens (tertiary/aromatic N) is 4. The Morgan fingerprint density at radius 2 is 1.62 bits per heavy atom. The molecule has 0 unspecified atom stereocenters. The largest absolute Gasteiger partial charge is 0.253 e. The second kappa shape index (κ2) is 6.45. The third kappa shape index (κ3) is 3.03. The Hall–Kier alpha value is -2.66. The number of hydrogen-bond acceptors (Lipinski definition) is 4. The van der Waals surface area contributed by atoms with Crippen LogP contribution in [0.3, 0.4) is 0 Å². The highest BCUT2D eigenvalue weighted by atomic mass is 32.2. The van der Waals surface area contributed by atoms with E-state index < -0.39 is 0 Å². The summed E-state index contributed by atoms with van der Waals surface area (Å²) in [6.45, 7) is 1.98. The summed E-state index contributed by atoms with van der Waals surface area (Å²) in [5, 5.41) is 5.40. The molecular formula is C19H16N4S. The highest BCUT2D eigenvalue weighted by molar-refractivity contribution is 7.98. The normalized spacial score (nSPS) is 11.0. The lowest BCUT2D eigenvalue weighted by Crippen LogP contribution is -1.98. The summed E-state index contributed by atoms with van der Waals surface area (Å²) >= 11 is 1.63. The Kier molecular flexibility index (Phi) is 4.01. The molecule has 0 fully saturated rings. The fraction of sp³-hybridized carbons (Fsp3) is 0.105. The van der Waals surface area contributed by atoms with E-state index in [1.807, 2.05) is 53.9 Å². The number of aryl methyl sites for hydroxylation is 1. The smallest absolute Gasteiger partial charge is 0.216 e. The fourth-order valence-corrected chi connectivity index (χ4v) is 3.34. The van der Waals surface area contributed by atoms with Crippen molar-refractivity contribution in [3.05, 3.63) is 78.0 Å². The molecule has 0 saturated carbocycles. The maximum Gasteiger partial charge on any atom is 0.253 e. The first-order chi connectivity index (χ1) is 11.8. The molecule has 5 heteroatoms. The van der Waals surface area contributed by atoms with Gasteiger partial charge in [-0.3, -0.25) is 0 Å². The maximum atomic E-state index is 4.65. The first kappa shape index (κ1) is 14.9. The van der Waals surface area contributed by atoms with Gasteiger partial charge in [0.2, 0.25) is 5.16 Å². The van der Waals surface area contributed by atoms with Crippen LogP contribution in [-0.4, -0.2) is 19.6 Å². The van der Waals surface area contributed by atoms with Crippen LogP contribution in [0.25, 0.3) is 17.0 Å². The number of hydrogen-bond donors (Lipinski definition) is 0. The van der Waals surface area contributed by atoms with Crippen LogP contribution in [0.5, 0.6) is 0 Å². The van der Waals surface area contributed by atoms with Crippen molar-refractivity contribution in [2.45, 2.75) is 17.8 Å². The Balaban J connectivity index is 1.70. The van der Waals surface area contributed by atoms with Gasteiger partial charge in [0.15, 0.2) is 0 Å². The first-order valence-electron chi connectivity index (χ1n) is 7.76. The first-order valence-corrected chi connectivity index (χ1v) is 8.75. The van der Waals surface area contributed by atoms with Crippen molar-refractivity contribution in [1.82, 2.24) is 19.6 Å². The molecule has 0 amide bonds.